The van der Waals surface area contributed by atoms with Gasteiger partial charge in [0.2, 0.25) is 0 Å². The van der Waals surface area contributed by atoms with Crippen molar-refractivity contribution < 1.29 is 14.3 Å². The summed E-state index contributed by atoms with van der Waals surface area (Å²) < 4.78 is 5.08. The van der Waals surface area contributed by atoms with Gasteiger partial charge in [-0.1, -0.05) is 29.3 Å². The van der Waals surface area contributed by atoms with E-state index in [1.807, 2.05) is 63.2 Å². The van der Waals surface area contributed by atoms with Crippen LogP contribution in [-0.2, 0) is 16.1 Å². The highest BCUT2D eigenvalue weighted by atomic mass is 16.5. The third-order valence-electron chi connectivity index (χ3n) is 3.73. The van der Waals surface area contributed by atoms with Crippen molar-refractivity contribution in [1.82, 2.24) is 5.32 Å². The lowest BCUT2D eigenvalue weighted by Gasteiger charge is -2.13. The Kier molecular flexibility index (Phi) is 6.17. The van der Waals surface area contributed by atoms with Crippen LogP contribution >= 0.6 is 0 Å². The normalized spacial score (nSPS) is 10.2. The van der Waals surface area contributed by atoms with Crippen molar-refractivity contribution in [1.29, 1.82) is 0 Å². The molecule has 0 atom stereocenters. The Morgan fingerprint density at radius 3 is 2.16 bits per heavy atom. The molecule has 0 saturated carbocycles. The molecule has 0 aliphatic carbocycles. The first-order chi connectivity index (χ1) is 11.8. The van der Waals surface area contributed by atoms with E-state index in [1.54, 1.807) is 12.1 Å². The van der Waals surface area contributed by atoms with Crippen molar-refractivity contribution in [3.05, 3.63) is 64.7 Å². The van der Waals surface area contributed by atoms with Crippen LogP contribution < -0.4 is 10.2 Å². The van der Waals surface area contributed by atoms with E-state index in [0.29, 0.717) is 12.1 Å². The minimum absolute atomic E-state index is 0.290. The highest BCUT2D eigenvalue weighted by Gasteiger charge is 2.11. The molecule has 2 aromatic carbocycles. The molecule has 0 aliphatic rings. The van der Waals surface area contributed by atoms with Gasteiger partial charge >= 0.3 is 5.97 Å². The van der Waals surface area contributed by atoms with Crippen LogP contribution in [0.2, 0.25) is 0 Å². The van der Waals surface area contributed by atoms with Crippen LogP contribution in [0.3, 0.4) is 0 Å². The minimum Gasteiger partial charge on any atom is -0.452 e. The summed E-state index contributed by atoms with van der Waals surface area (Å²) in [6.45, 7) is 3.94. The zero-order valence-electron chi connectivity index (χ0n) is 15.1. The zero-order valence-corrected chi connectivity index (χ0v) is 15.1. The zero-order chi connectivity index (χ0) is 18.4. The van der Waals surface area contributed by atoms with Crippen LogP contribution in [0, 0.1) is 13.8 Å². The first-order valence-electron chi connectivity index (χ1n) is 8.13. The van der Waals surface area contributed by atoms with Gasteiger partial charge in [-0.3, -0.25) is 4.79 Å². The maximum atomic E-state index is 12.0. The maximum absolute atomic E-state index is 12.0. The van der Waals surface area contributed by atoms with Gasteiger partial charge < -0.3 is 15.0 Å². The Bertz CT molecular complexity index is 732. The van der Waals surface area contributed by atoms with Gasteiger partial charge in [-0.05, 0) is 43.7 Å². The van der Waals surface area contributed by atoms with Crippen molar-refractivity contribution >= 4 is 17.6 Å². The summed E-state index contributed by atoms with van der Waals surface area (Å²) in [5, 5.41) is 2.75. The number of nitrogens with one attached hydrogen (secondary N) is 1. The molecule has 5 heteroatoms. The van der Waals surface area contributed by atoms with Crippen LogP contribution in [-0.4, -0.2) is 32.6 Å². The van der Waals surface area contributed by atoms with E-state index in [9.17, 15) is 9.59 Å². The molecule has 0 fully saturated rings. The Morgan fingerprint density at radius 2 is 1.60 bits per heavy atom. The number of carbonyl (C=O) groups excluding carboxylic acids is 2. The predicted molar refractivity (Wildman–Crippen MR) is 98.8 cm³/mol. The van der Waals surface area contributed by atoms with Gasteiger partial charge in [0.05, 0.1) is 5.56 Å². The monoisotopic (exact) mass is 340 g/mol. The predicted octanol–water partition coefficient (Wildman–Crippen LogP) is 2.84. The molecule has 0 saturated heterocycles. The van der Waals surface area contributed by atoms with Crippen LogP contribution in [0.1, 0.15) is 27.0 Å². The number of hydrogen-bond donors (Lipinski definition) is 1. The molecule has 1 amide bonds. The third-order valence-corrected chi connectivity index (χ3v) is 3.73. The number of esters is 1. The highest BCUT2D eigenvalue weighted by Crippen LogP contribution is 2.12. The summed E-state index contributed by atoms with van der Waals surface area (Å²) in [7, 11) is 3.95. The van der Waals surface area contributed by atoms with Gasteiger partial charge in [-0.25, -0.2) is 4.79 Å². The average Bonchev–Trinajstić information content (AvgIpc) is 2.57. The fourth-order valence-electron chi connectivity index (χ4n) is 2.47. The quantitative estimate of drug-likeness (QED) is 0.822. The molecule has 2 aromatic rings. The lowest BCUT2D eigenvalue weighted by Crippen LogP contribution is -2.28. The van der Waals surface area contributed by atoms with Gasteiger partial charge in [0.1, 0.15) is 0 Å². The van der Waals surface area contributed by atoms with E-state index >= 15 is 0 Å². The van der Waals surface area contributed by atoms with Gasteiger partial charge in [0.15, 0.2) is 6.61 Å². The lowest BCUT2D eigenvalue weighted by atomic mass is 10.1. The van der Waals surface area contributed by atoms with Crippen molar-refractivity contribution in [2.45, 2.75) is 20.4 Å². The molecule has 0 heterocycles. The van der Waals surface area contributed by atoms with Crippen LogP contribution in [0.4, 0.5) is 5.69 Å². The minimum atomic E-state index is -0.489. The molecule has 25 heavy (non-hydrogen) atoms. The maximum Gasteiger partial charge on any atom is 0.338 e. The molecule has 5 nitrogen and oxygen atoms in total. The Labute approximate surface area is 148 Å². The Morgan fingerprint density at radius 1 is 1.00 bits per heavy atom. The topological polar surface area (TPSA) is 58.6 Å². The fraction of sp³-hybridized carbons (Fsp3) is 0.300. The summed E-state index contributed by atoms with van der Waals surface area (Å²) in [5.74, 6) is -0.813. The molecular weight excluding hydrogens is 316 g/mol. The van der Waals surface area contributed by atoms with Gasteiger partial charge in [-0.15, -0.1) is 0 Å². The van der Waals surface area contributed by atoms with Crippen molar-refractivity contribution in [3.63, 3.8) is 0 Å². The van der Waals surface area contributed by atoms with Crippen LogP contribution in [0.5, 0.6) is 0 Å². The number of rotatable bonds is 6. The lowest BCUT2D eigenvalue weighted by molar-refractivity contribution is -0.124. The molecule has 0 spiro atoms. The van der Waals surface area contributed by atoms with E-state index < -0.39 is 5.97 Å². The molecule has 0 aliphatic heterocycles. The van der Waals surface area contributed by atoms with Crippen molar-refractivity contribution in [2.75, 3.05) is 25.6 Å². The molecular formula is C20H24N2O3. The number of nitrogens with zero attached hydrogens (tertiary/aromatic N) is 1. The van der Waals surface area contributed by atoms with Crippen molar-refractivity contribution in [2.24, 2.45) is 0 Å². The molecule has 2 rings (SSSR count). The van der Waals surface area contributed by atoms with Crippen LogP contribution in [0.15, 0.2) is 42.5 Å². The van der Waals surface area contributed by atoms with Crippen molar-refractivity contribution in [3.8, 4) is 0 Å². The summed E-state index contributed by atoms with van der Waals surface area (Å²) >= 11 is 0. The third kappa shape index (κ3) is 5.64. The average molecular weight is 340 g/mol. The molecule has 0 bridgehead atoms. The number of hydrogen-bond acceptors (Lipinski definition) is 4. The van der Waals surface area contributed by atoms with E-state index in [2.05, 4.69) is 5.32 Å². The molecule has 132 valence electrons. The fourth-order valence-corrected chi connectivity index (χ4v) is 2.47. The molecule has 0 aromatic heterocycles. The number of amides is 1. The number of carbonyl (C=O) groups is 2. The first kappa shape index (κ1) is 18.5. The summed E-state index contributed by atoms with van der Waals surface area (Å²) in [4.78, 5) is 25.9. The second-order valence-electron chi connectivity index (χ2n) is 6.29. The van der Waals surface area contributed by atoms with E-state index in [-0.39, 0.29) is 12.5 Å². The largest absolute Gasteiger partial charge is 0.452 e. The van der Waals surface area contributed by atoms with Gasteiger partial charge in [0, 0.05) is 26.3 Å². The number of benzene rings is 2. The standard InChI is InChI=1S/C20H24N2O3/c1-14-9-15(2)11-17(10-14)20(24)25-13-19(23)21-12-16-5-7-18(8-6-16)22(3)4/h5-11H,12-13H2,1-4H3,(H,21,23). The van der Waals surface area contributed by atoms with Crippen LogP contribution in [0.25, 0.3) is 0 Å². The highest BCUT2D eigenvalue weighted by molar-refractivity contribution is 5.91. The van der Waals surface area contributed by atoms with Gasteiger partial charge in [-0.2, -0.15) is 0 Å². The molecule has 0 radical (unpaired) electrons. The summed E-state index contributed by atoms with van der Waals surface area (Å²) in [6.07, 6.45) is 0. The Balaban J connectivity index is 1.81. The molecule has 1 N–H and O–H groups in total. The van der Waals surface area contributed by atoms with E-state index in [0.717, 1.165) is 22.4 Å². The van der Waals surface area contributed by atoms with Gasteiger partial charge in [0.25, 0.3) is 5.91 Å². The van der Waals surface area contributed by atoms with E-state index in [4.69, 9.17) is 4.74 Å². The molecule has 0 unspecified atom stereocenters. The summed E-state index contributed by atoms with van der Waals surface area (Å²) in [5.41, 5.74) is 4.51. The number of anilines is 1. The SMILES string of the molecule is Cc1cc(C)cc(C(=O)OCC(=O)NCc2ccc(N(C)C)cc2)c1. The first-order valence-corrected chi connectivity index (χ1v) is 8.13. The second kappa shape index (κ2) is 8.33. The Hall–Kier alpha value is -2.82. The summed E-state index contributed by atoms with van der Waals surface area (Å²) in [6, 6.07) is 13.4. The number of ether oxygens (including phenoxy) is 1. The smallest absolute Gasteiger partial charge is 0.338 e. The number of aryl methyl sites for hydroxylation is 2. The van der Waals surface area contributed by atoms with E-state index in [1.165, 1.54) is 0 Å². The second-order valence-corrected chi connectivity index (χ2v) is 6.29.